The van der Waals surface area contributed by atoms with Crippen molar-refractivity contribution in [2.45, 2.75) is 19.4 Å². The molecule has 2 aromatic rings. The average molecular weight is 340 g/mol. The quantitative estimate of drug-likeness (QED) is 0.847. The molecule has 3 rings (SSSR count). The van der Waals surface area contributed by atoms with E-state index in [1.807, 2.05) is 48.5 Å². The Hall–Kier alpha value is -2.37. The van der Waals surface area contributed by atoms with Gasteiger partial charge in [-0.15, -0.1) is 0 Å². The molecule has 0 saturated heterocycles. The van der Waals surface area contributed by atoms with Crippen molar-refractivity contribution in [2.24, 2.45) is 0 Å². The molecule has 0 fully saturated rings. The van der Waals surface area contributed by atoms with Crippen LogP contribution in [0, 0.1) is 0 Å². The Morgan fingerprint density at radius 3 is 2.76 bits per heavy atom. The van der Waals surface area contributed by atoms with Crippen LogP contribution in [0.5, 0.6) is 5.75 Å². The highest BCUT2D eigenvalue weighted by molar-refractivity contribution is 5.96. The van der Waals surface area contributed by atoms with Gasteiger partial charge in [0.15, 0.2) is 0 Å². The van der Waals surface area contributed by atoms with Crippen LogP contribution in [0.1, 0.15) is 24.2 Å². The van der Waals surface area contributed by atoms with Crippen LogP contribution in [0.15, 0.2) is 48.5 Å². The van der Waals surface area contributed by atoms with E-state index in [1.54, 1.807) is 4.90 Å². The van der Waals surface area contributed by atoms with Gasteiger partial charge in [-0.1, -0.05) is 43.3 Å². The Morgan fingerprint density at radius 1 is 1.24 bits per heavy atom. The molecule has 0 spiro atoms. The fourth-order valence-electron chi connectivity index (χ4n) is 2.93. The zero-order chi connectivity index (χ0) is 17.6. The molecule has 132 valence electrons. The van der Waals surface area contributed by atoms with Crippen molar-refractivity contribution >= 4 is 11.6 Å². The lowest BCUT2D eigenvalue weighted by atomic mass is 10.1. The fourth-order valence-corrected chi connectivity index (χ4v) is 2.93. The second-order valence-corrected chi connectivity index (χ2v) is 6.10. The number of nitrogens with one attached hydrogen (secondary N) is 1. The van der Waals surface area contributed by atoms with E-state index < -0.39 is 6.10 Å². The van der Waals surface area contributed by atoms with E-state index >= 15 is 0 Å². The predicted molar refractivity (Wildman–Crippen MR) is 97.9 cm³/mol. The molecular formula is C20H24N2O3. The monoisotopic (exact) mass is 340 g/mol. The van der Waals surface area contributed by atoms with E-state index in [0.29, 0.717) is 19.7 Å². The topological polar surface area (TPSA) is 61.8 Å². The number of aryl methyl sites for hydroxylation is 1. The van der Waals surface area contributed by atoms with Crippen LogP contribution >= 0.6 is 0 Å². The predicted octanol–water partition coefficient (Wildman–Crippen LogP) is 2.30. The molecule has 0 aromatic heterocycles. The first kappa shape index (κ1) is 17.5. The van der Waals surface area contributed by atoms with Gasteiger partial charge >= 0.3 is 0 Å². The lowest BCUT2D eigenvalue weighted by molar-refractivity contribution is -0.118. The number of hydrogen-bond donors (Lipinski definition) is 2. The first-order chi connectivity index (χ1) is 12.2. The molecule has 5 heteroatoms. The highest BCUT2D eigenvalue weighted by Crippen LogP contribution is 2.30. The third kappa shape index (κ3) is 4.18. The van der Waals surface area contributed by atoms with E-state index in [1.165, 1.54) is 5.56 Å². The third-order valence-corrected chi connectivity index (χ3v) is 4.42. The second-order valence-electron chi connectivity index (χ2n) is 6.10. The van der Waals surface area contributed by atoms with Crippen LogP contribution in [0.3, 0.4) is 0 Å². The Morgan fingerprint density at radius 2 is 2.00 bits per heavy atom. The number of ether oxygens (including phenoxy) is 1. The zero-order valence-corrected chi connectivity index (χ0v) is 14.4. The maximum absolute atomic E-state index is 12.5. The molecular weight excluding hydrogens is 316 g/mol. The SMILES string of the molecule is CCc1ccc(C(O)CNCC(=O)N2CCOc3ccccc32)cc1. The number of carbonyl (C=O) groups excluding carboxylic acids is 1. The summed E-state index contributed by atoms with van der Waals surface area (Å²) in [5.41, 5.74) is 2.90. The van der Waals surface area contributed by atoms with Gasteiger partial charge in [-0.2, -0.15) is 0 Å². The largest absolute Gasteiger partial charge is 0.490 e. The normalized spacial score (nSPS) is 14.6. The minimum absolute atomic E-state index is 0.0238. The van der Waals surface area contributed by atoms with E-state index in [4.69, 9.17) is 4.74 Å². The average Bonchev–Trinajstić information content (AvgIpc) is 2.67. The van der Waals surface area contributed by atoms with Crippen molar-refractivity contribution in [1.82, 2.24) is 5.32 Å². The van der Waals surface area contributed by atoms with Gasteiger partial charge < -0.3 is 20.1 Å². The number of aliphatic hydroxyl groups is 1. The molecule has 0 radical (unpaired) electrons. The zero-order valence-electron chi connectivity index (χ0n) is 14.4. The van der Waals surface area contributed by atoms with Crippen LogP contribution < -0.4 is 15.0 Å². The van der Waals surface area contributed by atoms with Gasteiger partial charge in [0.25, 0.3) is 0 Å². The number of rotatable bonds is 6. The number of amides is 1. The van der Waals surface area contributed by atoms with Gasteiger partial charge in [0.2, 0.25) is 5.91 Å². The number of anilines is 1. The molecule has 1 aliphatic rings. The Bertz CT molecular complexity index is 715. The molecule has 1 heterocycles. The van der Waals surface area contributed by atoms with Crippen molar-refractivity contribution < 1.29 is 14.6 Å². The smallest absolute Gasteiger partial charge is 0.241 e. The molecule has 1 amide bonds. The van der Waals surface area contributed by atoms with E-state index in [-0.39, 0.29) is 12.5 Å². The van der Waals surface area contributed by atoms with Gasteiger partial charge in [0.1, 0.15) is 12.4 Å². The Labute approximate surface area is 148 Å². The summed E-state index contributed by atoms with van der Waals surface area (Å²) < 4.78 is 5.57. The lowest BCUT2D eigenvalue weighted by Gasteiger charge is -2.29. The number of carbonyl (C=O) groups is 1. The Kier molecular flexibility index (Phi) is 5.68. The molecule has 2 N–H and O–H groups in total. The van der Waals surface area contributed by atoms with E-state index in [0.717, 1.165) is 23.4 Å². The summed E-state index contributed by atoms with van der Waals surface area (Å²) in [6.07, 6.45) is 0.347. The van der Waals surface area contributed by atoms with Crippen molar-refractivity contribution in [2.75, 3.05) is 31.1 Å². The summed E-state index contributed by atoms with van der Waals surface area (Å²) >= 11 is 0. The minimum Gasteiger partial charge on any atom is -0.490 e. The fraction of sp³-hybridized carbons (Fsp3) is 0.350. The van der Waals surface area contributed by atoms with Gasteiger partial charge in [-0.05, 0) is 29.7 Å². The number of benzene rings is 2. The molecule has 5 nitrogen and oxygen atoms in total. The first-order valence-corrected chi connectivity index (χ1v) is 8.69. The summed E-state index contributed by atoms with van der Waals surface area (Å²) in [6.45, 7) is 3.65. The van der Waals surface area contributed by atoms with Crippen LogP contribution in [-0.4, -0.2) is 37.3 Å². The molecule has 1 aliphatic heterocycles. The number of fused-ring (bicyclic) bond motifs is 1. The van der Waals surface area contributed by atoms with Crippen molar-refractivity contribution in [1.29, 1.82) is 0 Å². The molecule has 2 aromatic carbocycles. The molecule has 0 bridgehead atoms. The molecule has 0 saturated carbocycles. The maximum Gasteiger partial charge on any atom is 0.241 e. The van der Waals surface area contributed by atoms with Gasteiger partial charge in [0, 0.05) is 6.54 Å². The maximum atomic E-state index is 12.5. The molecule has 1 unspecified atom stereocenters. The van der Waals surface area contributed by atoms with Gasteiger partial charge in [0.05, 0.1) is 24.9 Å². The van der Waals surface area contributed by atoms with Crippen LogP contribution in [0.2, 0.25) is 0 Å². The van der Waals surface area contributed by atoms with Gasteiger partial charge in [-0.25, -0.2) is 0 Å². The molecule has 25 heavy (non-hydrogen) atoms. The lowest BCUT2D eigenvalue weighted by Crippen LogP contribution is -2.43. The van der Waals surface area contributed by atoms with Crippen LogP contribution in [-0.2, 0) is 11.2 Å². The highest BCUT2D eigenvalue weighted by Gasteiger charge is 2.23. The first-order valence-electron chi connectivity index (χ1n) is 8.69. The van der Waals surface area contributed by atoms with Crippen molar-refractivity contribution in [3.05, 3.63) is 59.7 Å². The number of hydrogen-bond acceptors (Lipinski definition) is 4. The van der Waals surface area contributed by atoms with Gasteiger partial charge in [-0.3, -0.25) is 4.79 Å². The van der Waals surface area contributed by atoms with Crippen LogP contribution in [0.4, 0.5) is 5.69 Å². The minimum atomic E-state index is -0.629. The Balaban J connectivity index is 1.52. The molecule has 1 atom stereocenters. The van der Waals surface area contributed by atoms with E-state index in [2.05, 4.69) is 12.2 Å². The number of para-hydroxylation sites is 2. The van der Waals surface area contributed by atoms with Crippen molar-refractivity contribution in [3.63, 3.8) is 0 Å². The second kappa shape index (κ2) is 8.14. The summed E-state index contributed by atoms with van der Waals surface area (Å²) in [5.74, 6) is 0.711. The number of aliphatic hydroxyl groups excluding tert-OH is 1. The van der Waals surface area contributed by atoms with E-state index in [9.17, 15) is 9.90 Å². The highest BCUT2D eigenvalue weighted by atomic mass is 16.5. The third-order valence-electron chi connectivity index (χ3n) is 4.42. The summed E-state index contributed by atoms with van der Waals surface area (Å²) in [4.78, 5) is 14.2. The molecule has 0 aliphatic carbocycles. The summed E-state index contributed by atoms with van der Waals surface area (Å²) in [6, 6.07) is 15.5. The van der Waals surface area contributed by atoms with Crippen LogP contribution in [0.25, 0.3) is 0 Å². The standard InChI is InChI=1S/C20H24N2O3/c1-2-15-7-9-16(10-8-15)18(23)13-21-14-20(24)22-11-12-25-19-6-4-3-5-17(19)22/h3-10,18,21,23H,2,11-14H2,1H3. The summed E-state index contributed by atoms with van der Waals surface area (Å²) in [7, 11) is 0. The number of nitrogens with zero attached hydrogens (tertiary/aromatic N) is 1. The summed E-state index contributed by atoms with van der Waals surface area (Å²) in [5, 5.41) is 13.3. The van der Waals surface area contributed by atoms with Crippen molar-refractivity contribution in [3.8, 4) is 5.75 Å².